The van der Waals surface area contributed by atoms with Gasteiger partial charge in [-0.1, -0.05) is 25.7 Å². The molecule has 0 radical (unpaired) electrons. The van der Waals surface area contributed by atoms with Crippen molar-refractivity contribution in [2.75, 3.05) is 27.3 Å². The van der Waals surface area contributed by atoms with Crippen molar-refractivity contribution in [1.82, 2.24) is 9.13 Å². The van der Waals surface area contributed by atoms with Gasteiger partial charge in [0, 0.05) is 39.4 Å². The molecule has 0 aromatic heterocycles. The van der Waals surface area contributed by atoms with Gasteiger partial charge in [-0.05, 0) is 25.7 Å². The van der Waals surface area contributed by atoms with E-state index in [2.05, 4.69) is 9.13 Å². The smallest absolute Gasteiger partial charge is 0.374 e. The van der Waals surface area contributed by atoms with Crippen LogP contribution in [0.4, 0.5) is 0 Å². The Morgan fingerprint density at radius 3 is 1.42 bits per heavy atom. The SMILES string of the molecule is CO[Si]1(OC)N(C2CCCC2)CCN1C1CCCC1. The topological polar surface area (TPSA) is 24.9 Å². The molecule has 3 fully saturated rings. The zero-order chi connectivity index (χ0) is 13.3. The molecule has 0 aromatic rings. The van der Waals surface area contributed by atoms with Crippen LogP contribution in [0.1, 0.15) is 51.4 Å². The zero-order valence-electron chi connectivity index (χ0n) is 12.4. The zero-order valence-corrected chi connectivity index (χ0v) is 13.4. The molecular formula is C14H28N2O2Si. The molecule has 0 unspecified atom stereocenters. The van der Waals surface area contributed by atoms with Crippen molar-refractivity contribution in [3.63, 3.8) is 0 Å². The molecule has 3 aliphatic rings. The standard InChI is InChI=1S/C14H28N2O2Si/c1-17-19(18-2)15(13-7-3-4-8-13)11-12-16(19)14-9-5-6-10-14/h13-14H,3-12H2,1-2H3. The third kappa shape index (κ3) is 2.29. The average Bonchev–Trinajstić information content (AvgIpc) is 3.17. The van der Waals surface area contributed by atoms with Crippen molar-refractivity contribution in [3.8, 4) is 0 Å². The predicted octanol–water partition coefficient (Wildman–Crippen LogP) is 2.22. The first-order valence-corrected chi connectivity index (χ1v) is 9.66. The molecule has 2 saturated carbocycles. The first-order chi connectivity index (χ1) is 9.31. The van der Waals surface area contributed by atoms with Crippen molar-refractivity contribution in [1.29, 1.82) is 0 Å². The van der Waals surface area contributed by atoms with Crippen molar-refractivity contribution < 1.29 is 8.85 Å². The summed E-state index contributed by atoms with van der Waals surface area (Å²) in [6, 6.07) is 1.41. The molecule has 19 heavy (non-hydrogen) atoms. The molecule has 1 saturated heterocycles. The Kier molecular flexibility index (Phi) is 4.29. The van der Waals surface area contributed by atoms with Crippen LogP contribution in [-0.4, -0.2) is 57.4 Å². The van der Waals surface area contributed by atoms with E-state index in [4.69, 9.17) is 8.85 Å². The first kappa shape index (κ1) is 14.0. The van der Waals surface area contributed by atoms with Crippen LogP contribution in [0.3, 0.4) is 0 Å². The summed E-state index contributed by atoms with van der Waals surface area (Å²) in [4.78, 5) is 0. The number of nitrogens with zero attached hydrogens (tertiary/aromatic N) is 2. The van der Waals surface area contributed by atoms with Gasteiger partial charge in [0.15, 0.2) is 0 Å². The molecule has 5 heteroatoms. The molecule has 0 aromatic carbocycles. The highest BCUT2D eigenvalue weighted by atomic mass is 28.4. The minimum Gasteiger partial charge on any atom is -0.374 e. The molecule has 4 nitrogen and oxygen atoms in total. The van der Waals surface area contributed by atoms with Gasteiger partial charge in [-0.2, -0.15) is 0 Å². The molecule has 0 atom stereocenters. The summed E-state index contributed by atoms with van der Waals surface area (Å²) in [7, 11) is 1.43. The van der Waals surface area contributed by atoms with E-state index < -0.39 is 8.88 Å². The Labute approximate surface area is 118 Å². The lowest BCUT2D eigenvalue weighted by Gasteiger charge is -2.41. The van der Waals surface area contributed by atoms with Gasteiger partial charge < -0.3 is 8.85 Å². The van der Waals surface area contributed by atoms with Gasteiger partial charge in [0.25, 0.3) is 0 Å². The Morgan fingerprint density at radius 2 is 1.11 bits per heavy atom. The van der Waals surface area contributed by atoms with Gasteiger partial charge in [0.1, 0.15) is 0 Å². The van der Waals surface area contributed by atoms with Crippen LogP contribution in [0.5, 0.6) is 0 Å². The van der Waals surface area contributed by atoms with E-state index >= 15 is 0 Å². The van der Waals surface area contributed by atoms with Crippen molar-refractivity contribution in [3.05, 3.63) is 0 Å². The maximum Gasteiger partial charge on any atom is 0.522 e. The van der Waals surface area contributed by atoms with Crippen LogP contribution in [-0.2, 0) is 8.85 Å². The van der Waals surface area contributed by atoms with Crippen LogP contribution in [0.25, 0.3) is 0 Å². The largest absolute Gasteiger partial charge is 0.522 e. The molecule has 0 bridgehead atoms. The molecule has 110 valence electrons. The first-order valence-electron chi connectivity index (χ1n) is 7.95. The van der Waals surface area contributed by atoms with Gasteiger partial charge in [-0.3, -0.25) is 9.13 Å². The van der Waals surface area contributed by atoms with E-state index in [0.717, 1.165) is 13.1 Å². The summed E-state index contributed by atoms with van der Waals surface area (Å²) >= 11 is 0. The van der Waals surface area contributed by atoms with E-state index in [1.165, 1.54) is 51.4 Å². The maximum atomic E-state index is 6.07. The van der Waals surface area contributed by atoms with E-state index in [0.29, 0.717) is 12.1 Å². The summed E-state index contributed by atoms with van der Waals surface area (Å²) in [6.07, 6.45) is 10.8. The summed E-state index contributed by atoms with van der Waals surface area (Å²) in [5.41, 5.74) is 0. The minimum atomic E-state index is -2.30. The molecule has 1 aliphatic heterocycles. The number of hydrogen-bond acceptors (Lipinski definition) is 4. The normalized spacial score (nSPS) is 30.6. The van der Waals surface area contributed by atoms with Crippen molar-refractivity contribution >= 4 is 8.88 Å². The highest BCUT2D eigenvalue weighted by molar-refractivity contribution is 6.62. The van der Waals surface area contributed by atoms with Crippen LogP contribution < -0.4 is 0 Å². The van der Waals surface area contributed by atoms with Crippen LogP contribution >= 0.6 is 0 Å². The maximum absolute atomic E-state index is 6.07. The second-order valence-electron chi connectivity index (χ2n) is 6.22. The van der Waals surface area contributed by atoms with E-state index in [-0.39, 0.29) is 0 Å². The quantitative estimate of drug-likeness (QED) is 0.739. The minimum absolute atomic E-state index is 0.706. The van der Waals surface area contributed by atoms with Crippen LogP contribution in [0, 0.1) is 0 Å². The van der Waals surface area contributed by atoms with Crippen molar-refractivity contribution in [2.24, 2.45) is 0 Å². The summed E-state index contributed by atoms with van der Waals surface area (Å²) in [5.74, 6) is 0. The van der Waals surface area contributed by atoms with Gasteiger partial charge in [-0.25, -0.2) is 0 Å². The predicted molar refractivity (Wildman–Crippen MR) is 77.7 cm³/mol. The van der Waals surface area contributed by atoms with Gasteiger partial charge in [-0.15, -0.1) is 0 Å². The second kappa shape index (κ2) is 5.82. The monoisotopic (exact) mass is 284 g/mol. The third-order valence-electron chi connectivity index (χ3n) is 5.37. The van der Waals surface area contributed by atoms with Gasteiger partial charge >= 0.3 is 8.88 Å². The fraction of sp³-hybridized carbons (Fsp3) is 1.00. The summed E-state index contributed by atoms with van der Waals surface area (Å²) in [6.45, 7) is 2.30. The molecule has 0 spiro atoms. The molecular weight excluding hydrogens is 256 g/mol. The summed E-state index contributed by atoms with van der Waals surface area (Å²) < 4.78 is 17.4. The molecule has 1 heterocycles. The molecule has 3 rings (SSSR count). The highest BCUT2D eigenvalue weighted by Crippen LogP contribution is 2.37. The average molecular weight is 284 g/mol. The molecule has 2 aliphatic carbocycles. The number of rotatable bonds is 4. The van der Waals surface area contributed by atoms with E-state index in [1.54, 1.807) is 0 Å². The Morgan fingerprint density at radius 1 is 0.737 bits per heavy atom. The molecule has 0 amide bonds. The van der Waals surface area contributed by atoms with Crippen LogP contribution in [0.15, 0.2) is 0 Å². The summed E-state index contributed by atoms with van der Waals surface area (Å²) in [5, 5.41) is 0. The van der Waals surface area contributed by atoms with Gasteiger partial charge in [0.2, 0.25) is 0 Å². The van der Waals surface area contributed by atoms with Gasteiger partial charge in [0.05, 0.1) is 0 Å². The third-order valence-corrected chi connectivity index (χ3v) is 9.06. The lowest BCUT2D eigenvalue weighted by atomic mass is 10.2. The fourth-order valence-corrected chi connectivity index (χ4v) is 8.11. The number of hydrogen-bond donors (Lipinski definition) is 0. The Bertz CT molecular complexity index is 274. The van der Waals surface area contributed by atoms with Crippen molar-refractivity contribution in [2.45, 2.75) is 63.5 Å². The lowest BCUT2D eigenvalue weighted by molar-refractivity contribution is 0.107. The molecule has 0 N–H and O–H groups in total. The van der Waals surface area contributed by atoms with E-state index in [1.807, 2.05) is 14.2 Å². The highest BCUT2D eigenvalue weighted by Gasteiger charge is 2.59. The lowest BCUT2D eigenvalue weighted by Crippen LogP contribution is -2.66. The Balaban J connectivity index is 1.81. The van der Waals surface area contributed by atoms with E-state index in [9.17, 15) is 0 Å². The van der Waals surface area contributed by atoms with Crippen LogP contribution in [0.2, 0.25) is 0 Å². The fourth-order valence-electron chi connectivity index (χ4n) is 4.47. The second-order valence-corrected chi connectivity index (χ2v) is 9.28. The Hall–Kier alpha value is 0.0569.